The van der Waals surface area contributed by atoms with Crippen molar-refractivity contribution in [1.82, 2.24) is 24.9 Å². The molecule has 0 saturated heterocycles. The number of H-pyrrole nitrogens is 2. The van der Waals surface area contributed by atoms with E-state index in [1.807, 2.05) is 0 Å². The summed E-state index contributed by atoms with van der Waals surface area (Å²) in [7, 11) is 0. The molecule has 2 aromatic carbocycles. The first kappa shape index (κ1) is 22.1. The maximum Gasteiger partial charge on any atom is 0.255 e. The third kappa shape index (κ3) is 4.84. The number of benzene rings is 2. The Morgan fingerprint density at radius 3 is 2.69 bits per heavy atom. The summed E-state index contributed by atoms with van der Waals surface area (Å²) >= 11 is 0. The molecule has 3 aromatic heterocycles. The number of fused-ring (bicyclic) bond motifs is 1. The van der Waals surface area contributed by atoms with E-state index in [-0.39, 0.29) is 23.7 Å². The molecule has 0 aliphatic rings. The zero-order chi connectivity index (χ0) is 24.4. The maximum atomic E-state index is 14.0. The Labute approximate surface area is 199 Å². The van der Waals surface area contributed by atoms with Gasteiger partial charge in [0.1, 0.15) is 17.5 Å². The average Bonchev–Trinajstić information content (AvgIpc) is 3.25. The number of aryl methyl sites for hydroxylation is 1. The molecule has 0 bridgehead atoms. The number of halogens is 1. The monoisotopic (exact) mass is 468 g/mol. The van der Waals surface area contributed by atoms with Crippen molar-refractivity contribution in [2.45, 2.75) is 19.8 Å². The number of hydrogen-bond donors (Lipinski definition) is 3. The van der Waals surface area contributed by atoms with Crippen molar-refractivity contribution >= 4 is 22.6 Å². The molecule has 174 valence electrons. The lowest BCUT2D eigenvalue weighted by Crippen LogP contribution is -2.23. The second-order valence-electron chi connectivity index (χ2n) is 8.13. The van der Waals surface area contributed by atoms with E-state index in [0.717, 1.165) is 0 Å². The molecule has 3 N–H and O–H groups in total. The van der Waals surface area contributed by atoms with E-state index in [4.69, 9.17) is 0 Å². The molecule has 9 heteroatoms. The van der Waals surface area contributed by atoms with Crippen LogP contribution in [0.2, 0.25) is 0 Å². The highest BCUT2D eigenvalue weighted by molar-refractivity contribution is 5.94. The number of rotatable bonds is 6. The van der Waals surface area contributed by atoms with Crippen molar-refractivity contribution in [3.05, 3.63) is 106 Å². The molecule has 0 fully saturated rings. The van der Waals surface area contributed by atoms with Crippen LogP contribution in [-0.4, -0.2) is 30.8 Å². The fourth-order valence-corrected chi connectivity index (χ4v) is 3.87. The molecule has 5 rings (SSSR count). The van der Waals surface area contributed by atoms with Gasteiger partial charge >= 0.3 is 0 Å². The molecule has 8 nitrogen and oxygen atoms in total. The number of aromatic amines is 2. The quantitative estimate of drug-likeness (QED) is 0.349. The summed E-state index contributed by atoms with van der Waals surface area (Å²) in [6, 6.07) is 15.4. The lowest BCUT2D eigenvalue weighted by Gasteiger charge is -2.08. The van der Waals surface area contributed by atoms with Gasteiger partial charge in [-0.25, -0.2) is 14.4 Å². The van der Waals surface area contributed by atoms with Gasteiger partial charge in [-0.3, -0.25) is 14.6 Å². The van der Waals surface area contributed by atoms with E-state index >= 15 is 0 Å². The number of pyridine rings is 1. The molecule has 1 amide bonds. The molecule has 3 heterocycles. The van der Waals surface area contributed by atoms with Gasteiger partial charge in [0.15, 0.2) is 0 Å². The first-order valence-electron chi connectivity index (χ1n) is 11.0. The SMILES string of the molecule is Cc1nc(-c2cccnc2)[nH]c(=O)c1CC(=O)Nc1ccc2nc(Cc3ccccc3F)[nH]c2c1. The third-order valence-electron chi connectivity index (χ3n) is 5.62. The van der Waals surface area contributed by atoms with Crippen molar-refractivity contribution in [1.29, 1.82) is 0 Å². The molecule has 0 atom stereocenters. The Kier molecular flexibility index (Phi) is 5.88. The predicted molar refractivity (Wildman–Crippen MR) is 130 cm³/mol. The van der Waals surface area contributed by atoms with Gasteiger partial charge in [0, 0.05) is 41.3 Å². The molecular formula is C26H21FN6O2. The Bertz CT molecular complexity index is 1590. The zero-order valence-corrected chi connectivity index (χ0v) is 18.8. The van der Waals surface area contributed by atoms with Crippen LogP contribution < -0.4 is 10.9 Å². The molecule has 0 unspecified atom stereocenters. The second-order valence-corrected chi connectivity index (χ2v) is 8.13. The molecule has 0 radical (unpaired) electrons. The Balaban J connectivity index is 1.31. The first-order chi connectivity index (χ1) is 17.0. The van der Waals surface area contributed by atoms with Crippen molar-refractivity contribution in [2.75, 3.05) is 5.32 Å². The number of aromatic nitrogens is 5. The first-order valence-corrected chi connectivity index (χ1v) is 11.0. The molecule has 0 aliphatic carbocycles. The number of nitrogens with zero attached hydrogens (tertiary/aromatic N) is 3. The van der Waals surface area contributed by atoms with Crippen LogP contribution in [0.1, 0.15) is 22.6 Å². The van der Waals surface area contributed by atoms with E-state index in [2.05, 4.69) is 30.2 Å². The summed E-state index contributed by atoms with van der Waals surface area (Å²) in [6.07, 6.45) is 3.45. The van der Waals surface area contributed by atoms with Crippen LogP contribution in [0, 0.1) is 12.7 Å². The largest absolute Gasteiger partial charge is 0.342 e. The van der Waals surface area contributed by atoms with Crippen LogP contribution in [0.5, 0.6) is 0 Å². The topological polar surface area (TPSA) is 116 Å². The highest BCUT2D eigenvalue weighted by Crippen LogP contribution is 2.20. The molecule has 5 aromatic rings. The third-order valence-corrected chi connectivity index (χ3v) is 5.62. The van der Waals surface area contributed by atoms with E-state index in [9.17, 15) is 14.0 Å². The van der Waals surface area contributed by atoms with Crippen molar-refractivity contribution in [2.24, 2.45) is 0 Å². The lowest BCUT2D eigenvalue weighted by molar-refractivity contribution is -0.115. The van der Waals surface area contributed by atoms with Crippen LogP contribution in [0.15, 0.2) is 71.8 Å². The molecule has 0 aliphatic heterocycles. The van der Waals surface area contributed by atoms with Gasteiger partial charge in [0.05, 0.1) is 17.5 Å². The average molecular weight is 468 g/mol. The molecular weight excluding hydrogens is 447 g/mol. The fourth-order valence-electron chi connectivity index (χ4n) is 3.87. The highest BCUT2D eigenvalue weighted by Gasteiger charge is 2.15. The summed E-state index contributed by atoms with van der Waals surface area (Å²) in [5, 5.41) is 2.81. The van der Waals surface area contributed by atoms with E-state index in [1.54, 1.807) is 67.8 Å². The van der Waals surface area contributed by atoms with Gasteiger partial charge in [-0.15, -0.1) is 0 Å². The summed E-state index contributed by atoms with van der Waals surface area (Å²) in [5.74, 6) is 0.394. The minimum Gasteiger partial charge on any atom is -0.342 e. The fraction of sp³-hybridized carbons (Fsp3) is 0.115. The molecule has 0 saturated carbocycles. The van der Waals surface area contributed by atoms with Gasteiger partial charge in [-0.1, -0.05) is 18.2 Å². The Morgan fingerprint density at radius 2 is 1.91 bits per heavy atom. The van der Waals surface area contributed by atoms with E-state index < -0.39 is 0 Å². The highest BCUT2D eigenvalue weighted by atomic mass is 19.1. The smallest absolute Gasteiger partial charge is 0.255 e. The molecule has 0 spiro atoms. The number of nitrogens with one attached hydrogen (secondary N) is 3. The van der Waals surface area contributed by atoms with Crippen LogP contribution in [0.3, 0.4) is 0 Å². The van der Waals surface area contributed by atoms with Gasteiger partial charge in [0.2, 0.25) is 5.91 Å². The zero-order valence-electron chi connectivity index (χ0n) is 18.8. The second kappa shape index (κ2) is 9.30. The van der Waals surface area contributed by atoms with Crippen LogP contribution in [0.4, 0.5) is 10.1 Å². The standard InChI is InChI=1S/C26H21FN6O2/c1-15-19(26(35)33-25(29-15)17-6-4-10-28-14-17)13-24(34)30-18-8-9-21-22(12-18)32-23(31-21)11-16-5-2-3-7-20(16)27/h2-10,12,14H,11,13H2,1H3,(H,30,34)(H,31,32)(H,29,33,35). The summed E-state index contributed by atoms with van der Waals surface area (Å²) in [4.78, 5) is 44.2. The van der Waals surface area contributed by atoms with Gasteiger partial charge in [-0.2, -0.15) is 0 Å². The number of carbonyl (C=O) groups excluding carboxylic acids is 1. The Hall–Kier alpha value is -4.66. The van der Waals surface area contributed by atoms with Crippen LogP contribution in [0.25, 0.3) is 22.4 Å². The van der Waals surface area contributed by atoms with Gasteiger partial charge in [-0.05, 0) is 48.9 Å². The van der Waals surface area contributed by atoms with Crippen LogP contribution >= 0.6 is 0 Å². The van der Waals surface area contributed by atoms with Crippen LogP contribution in [-0.2, 0) is 17.6 Å². The van der Waals surface area contributed by atoms with E-state index in [1.165, 1.54) is 6.07 Å². The van der Waals surface area contributed by atoms with Crippen molar-refractivity contribution in [3.63, 3.8) is 0 Å². The number of anilines is 1. The molecule has 35 heavy (non-hydrogen) atoms. The van der Waals surface area contributed by atoms with Crippen molar-refractivity contribution < 1.29 is 9.18 Å². The Morgan fingerprint density at radius 1 is 1.06 bits per heavy atom. The normalized spacial score (nSPS) is 11.0. The number of carbonyl (C=O) groups is 1. The van der Waals surface area contributed by atoms with Gasteiger partial charge in [0.25, 0.3) is 5.56 Å². The summed E-state index contributed by atoms with van der Waals surface area (Å²) in [6.45, 7) is 1.70. The lowest BCUT2D eigenvalue weighted by atomic mass is 10.1. The number of imidazole rings is 1. The summed E-state index contributed by atoms with van der Waals surface area (Å²) in [5.41, 5.74) is 3.61. The number of amides is 1. The van der Waals surface area contributed by atoms with Crippen molar-refractivity contribution in [3.8, 4) is 11.4 Å². The minimum absolute atomic E-state index is 0.124. The van der Waals surface area contributed by atoms with Gasteiger partial charge < -0.3 is 15.3 Å². The van der Waals surface area contributed by atoms with E-state index in [0.29, 0.717) is 57.2 Å². The maximum absolute atomic E-state index is 14.0. The summed E-state index contributed by atoms with van der Waals surface area (Å²) < 4.78 is 14.0. The minimum atomic E-state index is -0.367. The predicted octanol–water partition coefficient (Wildman–Crippen LogP) is 3.93. The number of hydrogen-bond acceptors (Lipinski definition) is 5.